The lowest BCUT2D eigenvalue weighted by Crippen LogP contribution is -2.25. The topological polar surface area (TPSA) is 52.3 Å². The van der Waals surface area contributed by atoms with Gasteiger partial charge in [-0.2, -0.15) is 0 Å². The molecule has 2 rings (SSSR count). The van der Waals surface area contributed by atoms with Gasteiger partial charge in [0.1, 0.15) is 6.10 Å². The first-order chi connectivity index (χ1) is 8.65. The van der Waals surface area contributed by atoms with Gasteiger partial charge in [-0.3, -0.25) is 4.79 Å². The zero-order chi connectivity index (χ0) is 13.0. The summed E-state index contributed by atoms with van der Waals surface area (Å²) in [5.41, 5.74) is 7.33. The van der Waals surface area contributed by atoms with Crippen LogP contribution in [-0.4, -0.2) is 12.1 Å². The Kier molecular flexibility index (Phi) is 4.24. The van der Waals surface area contributed by atoms with Gasteiger partial charge in [-0.15, -0.1) is 0 Å². The Morgan fingerprint density at radius 3 is 2.89 bits per heavy atom. The zero-order valence-corrected chi connectivity index (χ0v) is 10.9. The predicted molar refractivity (Wildman–Crippen MR) is 72.1 cm³/mol. The van der Waals surface area contributed by atoms with Crippen LogP contribution in [0.2, 0.25) is 0 Å². The minimum absolute atomic E-state index is 0.103. The molecule has 98 valence electrons. The smallest absolute Gasteiger partial charge is 0.310 e. The molecule has 0 aromatic heterocycles. The second-order valence-corrected chi connectivity index (χ2v) is 5.26. The number of hydrogen-bond acceptors (Lipinski definition) is 3. The third-order valence-corrected chi connectivity index (χ3v) is 3.58. The first-order valence-corrected chi connectivity index (χ1v) is 6.68. The molecule has 0 saturated heterocycles. The van der Waals surface area contributed by atoms with Crippen LogP contribution in [0.1, 0.15) is 38.2 Å². The standard InChI is InChI=1S/C15H21NO2/c1-11-5-4-7-13(9-11)18-15(17)10-12-6-2-3-8-14(12)16/h2-3,6,8,11,13H,4-5,7,9-10,16H2,1H3. The maximum absolute atomic E-state index is 11.9. The van der Waals surface area contributed by atoms with Crippen molar-refractivity contribution in [1.82, 2.24) is 0 Å². The van der Waals surface area contributed by atoms with E-state index in [4.69, 9.17) is 10.5 Å². The number of nitrogens with two attached hydrogens (primary N) is 1. The molecule has 0 aliphatic heterocycles. The van der Waals surface area contributed by atoms with Crippen LogP contribution >= 0.6 is 0 Å². The van der Waals surface area contributed by atoms with Crippen molar-refractivity contribution in [3.8, 4) is 0 Å². The minimum atomic E-state index is -0.160. The lowest BCUT2D eigenvalue weighted by molar-refractivity contribution is -0.150. The molecule has 1 aliphatic rings. The molecule has 0 bridgehead atoms. The van der Waals surface area contributed by atoms with Crippen LogP contribution in [0.5, 0.6) is 0 Å². The van der Waals surface area contributed by atoms with E-state index in [1.54, 1.807) is 0 Å². The number of esters is 1. The summed E-state index contributed by atoms with van der Waals surface area (Å²) in [7, 11) is 0. The SMILES string of the molecule is CC1CCCC(OC(=O)Cc2ccccc2N)C1. The molecule has 0 amide bonds. The van der Waals surface area contributed by atoms with Crippen LogP contribution in [0.25, 0.3) is 0 Å². The van der Waals surface area contributed by atoms with E-state index in [9.17, 15) is 4.79 Å². The van der Waals surface area contributed by atoms with Gasteiger partial charge in [-0.25, -0.2) is 0 Å². The van der Waals surface area contributed by atoms with E-state index in [-0.39, 0.29) is 18.5 Å². The highest BCUT2D eigenvalue weighted by molar-refractivity contribution is 5.75. The Morgan fingerprint density at radius 2 is 2.17 bits per heavy atom. The van der Waals surface area contributed by atoms with Crippen molar-refractivity contribution in [1.29, 1.82) is 0 Å². The summed E-state index contributed by atoms with van der Waals surface area (Å²) in [5, 5.41) is 0. The molecule has 1 fully saturated rings. The lowest BCUT2D eigenvalue weighted by Gasteiger charge is -2.26. The summed E-state index contributed by atoms with van der Waals surface area (Å²) in [4.78, 5) is 11.9. The Morgan fingerprint density at radius 1 is 1.39 bits per heavy atom. The van der Waals surface area contributed by atoms with Gasteiger partial charge in [0.2, 0.25) is 0 Å². The van der Waals surface area contributed by atoms with E-state index in [0.29, 0.717) is 11.6 Å². The van der Waals surface area contributed by atoms with Crippen LogP contribution in [0.4, 0.5) is 5.69 Å². The molecular weight excluding hydrogens is 226 g/mol. The van der Waals surface area contributed by atoms with E-state index < -0.39 is 0 Å². The molecule has 2 N–H and O–H groups in total. The van der Waals surface area contributed by atoms with Crippen LogP contribution in [0.3, 0.4) is 0 Å². The van der Waals surface area contributed by atoms with Crippen molar-refractivity contribution in [2.24, 2.45) is 5.92 Å². The first kappa shape index (κ1) is 12.9. The summed E-state index contributed by atoms with van der Waals surface area (Å²) in [6.07, 6.45) is 4.78. The van der Waals surface area contributed by atoms with Gasteiger partial charge < -0.3 is 10.5 Å². The molecule has 0 spiro atoms. The van der Waals surface area contributed by atoms with Gasteiger partial charge in [-0.1, -0.05) is 31.5 Å². The molecule has 0 radical (unpaired) electrons. The molecule has 18 heavy (non-hydrogen) atoms. The number of ether oxygens (including phenoxy) is 1. The van der Waals surface area contributed by atoms with Gasteiger partial charge in [0.15, 0.2) is 0 Å². The van der Waals surface area contributed by atoms with Crippen molar-refractivity contribution in [3.63, 3.8) is 0 Å². The summed E-state index contributed by atoms with van der Waals surface area (Å²) < 4.78 is 5.53. The lowest BCUT2D eigenvalue weighted by atomic mass is 9.89. The van der Waals surface area contributed by atoms with E-state index in [0.717, 1.165) is 24.8 Å². The normalized spacial score (nSPS) is 23.6. The summed E-state index contributed by atoms with van der Waals surface area (Å²) in [5.74, 6) is 0.505. The third kappa shape index (κ3) is 3.49. The van der Waals surface area contributed by atoms with Gasteiger partial charge >= 0.3 is 5.97 Å². The Labute approximate surface area is 108 Å². The molecule has 2 unspecified atom stereocenters. The molecule has 3 nitrogen and oxygen atoms in total. The largest absolute Gasteiger partial charge is 0.462 e. The summed E-state index contributed by atoms with van der Waals surface area (Å²) in [6, 6.07) is 7.44. The second kappa shape index (κ2) is 5.89. The molecule has 3 heteroatoms. The number of anilines is 1. The number of rotatable bonds is 3. The highest BCUT2D eigenvalue weighted by Crippen LogP contribution is 2.26. The van der Waals surface area contributed by atoms with E-state index in [2.05, 4.69) is 6.92 Å². The van der Waals surface area contributed by atoms with E-state index in [1.807, 2.05) is 24.3 Å². The average Bonchev–Trinajstić information content (AvgIpc) is 2.32. The molecule has 1 aromatic rings. The number of benzene rings is 1. The Balaban J connectivity index is 1.87. The van der Waals surface area contributed by atoms with E-state index in [1.165, 1.54) is 6.42 Å². The fourth-order valence-corrected chi connectivity index (χ4v) is 2.56. The summed E-state index contributed by atoms with van der Waals surface area (Å²) in [6.45, 7) is 2.22. The number of nitrogen functional groups attached to an aromatic ring is 1. The monoisotopic (exact) mass is 247 g/mol. The third-order valence-electron chi connectivity index (χ3n) is 3.58. The van der Waals surface area contributed by atoms with Crippen molar-refractivity contribution in [2.45, 2.75) is 45.1 Å². The van der Waals surface area contributed by atoms with Crippen LogP contribution < -0.4 is 5.73 Å². The first-order valence-electron chi connectivity index (χ1n) is 6.68. The van der Waals surface area contributed by atoms with Gasteiger partial charge in [0.05, 0.1) is 6.42 Å². The van der Waals surface area contributed by atoms with Crippen molar-refractivity contribution >= 4 is 11.7 Å². The fraction of sp³-hybridized carbons (Fsp3) is 0.533. The van der Waals surface area contributed by atoms with Gasteiger partial charge in [-0.05, 0) is 36.8 Å². The average molecular weight is 247 g/mol. The van der Waals surface area contributed by atoms with Crippen LogP contribution in [-0.2, 0) is 16.0 Å². The highest BCUT2D eigenvalue weighted by Gasteiger charge is 2.22. The summed E-state index contributed by atoms with van der Waals surface area (Å²) >= 11 is 0. The highest BCUT2D eigenvalue weighted by atomic mass is 16.5. The second-order valence-electron chi connectivity index (χ2n) is 5.26. The van der Waals surface area contributed by atoms with Crippen LogP contribution in [0, 0.1) is 5.92 Å². The Hall–Kier alpha value is -1.51. The Bertz CT molecular complexity index is 417. The van der Waals surface area contributed by atoms with E-state index >= 15 is 0 Å². The molecule has 1 aliphatic carbocycles. The fourth-order valence-electron chi connectivity index (χ4n) is 2.56. The molecular formula is C15H21NO2. The maximum atomic E-state index is 11.9. The number of para-hydroxylation sites is 1. The predicted octanol–water partition coefficient (Wildman–Crippen LogP) is 2.93. The maximum Gasteiger partial charge on any atom is 0.310 e. The van der Waals surface area contributed by atoms with Crippen LogP contribution in [0.15, 0.2) is 24.3 Å². The number of carbonyl (C=O) groups excluding carboxylic acids is 1. The van der Waals surface area contributed by atoms with Crippen molar-refractivity contribution < 1.29 is 9.53 Å². The van der Waals surface area contributed by atoms with Crippen molar-refractivity contribution in [2.75, 3.05) is 5.73 Å². The molecule has 2 atom stereocenters. The minimum Gasteiger partial charge on any atom is -0.462 e. The zero-order valence-electron chi connectivity index (χ0n) is 10.9. The van der Waals surface area contributed by atoms with Crippen molar-refractivity contribution in [3.05, 3.63) is 29.8 Å². The molecule has 0 heterocycles. The molecule has 1 aromatic carbocycles. The number of carbonyl (C=O) groups is 1. The van der Waals surface area contributed by atoms with Gasteiger partial charge in [0, 0.05) is 5.69 Å². The number of hydrogen-bond donors (Lipinski definition) is 1. The molecule has 1 saturated carbocycles. The van der Waals surface area contributed by atoms with Gasteiger partial charge in [0.25, 0.3) is 0 Å². The quantitative estimate of drug-likeness (QED) is 0.660.